The summed E-state index contributed by atoms with van der Waals surface area (Å²) in [6.45, 7) is 1.22. The fourth-order valence-corrected chi connectivity index (χ4v) is 3.62. The lowest BCUT2D eigenvalue weighted by atomic mass is 10.2. The van der Waals surface area contributed by atoms with Crippen molar-refractivity contribution >= 4 is 50.5 Å². The van der Waals surface area contributed by atoms with Crippen molar-refractivity contribution in [3.05, 3.63) is 41.4 Å². The first-order valence-electron chi connectivity index (χ1n) is 7.41. The molecule has 2 amide bonds. The highest BCUT2D eigenvalue weighted by atomic mass is 35.5. The fraction of sp³-hybridized carbons (Fsp3) is 0.125. The molecule has 0 atom stereocenters. The van der Waals surface area contributed by atoms with Crippen LogP contribution in [0.1, 0.15) is 6.92 Å². The Morgan fingerprint density at radius 2 is 2.00 bits per heavy atom. The van der Waals surface area contributed by atoms with Crippen LogP contribution in [0, 0.1) is 0 Å². The van der Waals surface area contributed by atoms with E-state index in [1.807, 2.05) is 0 Å². The third-order valence-corrected chi connectivity index (χ3v) is 5.12. The molecular weight excluding hydrogens is 382 g/mol. The number of hydrogen-bond acceptors (Lipinski definition) is 5. The SMILES string of the molecule is CC(=O)Nc1ccc(NS(=O)(=O)c2ccc3c(c2)NC(=O)CO3)cc1Cl. The quantitative estimate of drug-likeness (QED) is 0.735. The number of carbonyl (C=O) groups excluding carboxylic acids is 2. The zero-order valence-electron chi connectivity index (χ0n) is 13.5. The van der Waals surface area contributed by atoms with Crippen LogP contribution in [0.5, 0.6) is 5.75 Å². The highest BCUT2D eigenvalue weighted by molar-refractivity contribution is 7.92. The zero-order valence-corrected chi connectivity index (χ0v) is 15.1. The third-order valence-electron chi connectivity index (χ3n) is 3.43. The minimum Gasteiger partial charge on any atom is -0.482 e. The van der Waals surface area contributed by atoms with E-state index in [2.05, 4.69) is 15.4 Å². The molecule has 8 nitrogen and oxygen atoms in total. The van der Waals surface area contributed by atoms with Crippen LogP contribution in [0.25, 0.3) is 0 Å². The molecule has 1 aliphatic rings. The Morgan fingerprint density at radius 3 is 2.69 bits per heavy atom. The maximum absolute atomic E-state index is 12.6. The fourth-order valence-electron chi connectivity index (χ4n) is 2.31. The number of ether oxygens (including phenoxy) is 1. The van der Waals surface area contributed by atoms with Crippen LogP contribution >= 0.6 is 11.6 Å². The Hall–Kier alpha value is -2.78. The molecule has 10 heteroatoms. The minimum atomic E-state index is -3.92. The van der Waals surface area contributed by atoms with E-state index in [4.69, 9.17) is 16.3 Å². The molecule has 0 spiro atoms. The molecule has 3 rings (SSSR count). The van der Waals surface area contributed by atoms with E-state index < -0.39 is 10.0 Å². The molecule has 0 fully saturated rings. The van der Waals surface area contributed by atoms with Gasteiger partial charge in [0, 0.05) is 6.92 Å². The zero-order chi connectivity index (χ0) is 18.9. The van der Waals surface area contributed by atoms with Crippen LogP contribution in [-0.4, -0.2) is 26.8 Å². The molecule has 3 N–H and O–H groups in total. The minimum absolute atomic E-state index is 0.0518. The molecule has 0 aromatic heterocycles. The van der Waals surface area contributed by atoms with Gasteiger partial charge in [-0.2, -0.15) is 0 Å². The van der Waals surface area contributed by atoms with Crippen molar-refractivity contribution in [2.24, 2.45) is 0 Å². The van der Waals surface area contributed by atoms with Gasteiger partial charge < -0.3 is 15.4 Å². The Morgan fingerprint density at radius 1 is 1.23 bits per heavy atom. The number of sulfonamides is 1. The summed E-state index contributed by atoms with van der Waals surface area (Å²) in [4.78, 5) is 22.4. The maximum Gasteiger partial charge on any atom is 0.262 e. The standard InChI is InChI=1S/C16H14ClN3O5S/c1-9(21)18-13-4-2-10(6-12(13)17)20-26(23,24)11-3-5-15-14(7-11)19-16(22)8-25-15/h2-7,20H,8H2,1H3,(H,18,21)(H,19,22). The van der Waals surface area contributed by atoms with Gasteiger partial charge >= 0.3 is 0 Å². The van der Waals surface area contributed by atoms with Crippen molar-refractivity contribution in [2.75, 3.05) is 22.0 Å². The van der Waals surface area contributed by atoms with Gasteiger partial charge in [-0.1, -0.05) is 11.6 Å². The smallest absolute Gasteiger partial charge is 0.262 e. The number of benzene rings is 2. The normalized spacial score (nSPS) is 13.2. The average molecular weight is 396 g/mol. The first-order valence-corrected chi connectivity index (χ1v) is 9.27. The third kappa shape index (κ3) is 3.89. The average Bonchev–Trinajstić information content (AvgIpc) is 2.56. The summed E-state index contributed by atoms with van der Waals surface area (Å²) in [7, 11) is -3.92. The second-order valence-electron chi connectivity index (χ2n) is 5.48. The van der Waals surface area contributed by atoms with Crippen LogP contribution in [0.2, 0.25) is 5.02 Å². The Labute approximate surface area is 154 Å². The van der Waals surface area contributed by atoms with Gasteiger partial charge in [-0.3, -0.25) is 14.3 Å². The van der Waals surface area contributed by atoms with E-state index in [9.17, 15) is 18.0 Å². The lowest BCUT2D eigenvalue weighted by Crippen LogP contribution is -2.25. The predicted octanol–water partition coefficient (Wildman–Crippen LogP) is 2.43. The lowest BCUT2D eigenvalue weighted by Gasteiger charge is -2.18. The molecule has 2 aromatic carbocycles. The summed E-state index contributed by atoms with van der Waals surface area (Å²) in [6, 6.07) is 8.48. The number of halogens is 1. The number of carbonyl (C=O) groups is 2. The topological polar surface area (TPSA) is 114 Å². The molecular formula is C16H14ClN3O5S. The molecule has 0 saturated carbocycles. The van der Waals surface area contributed by atoms with Crippen molar-refractivity contribution in [2.45, 2.75) is 11.8 Å². The van der Waals surface area contributed by atoms with Crippen LogP contribution in [0.15, 0.2) is 41.3 Å². The number of hydrogen-bond donors (Lipinski definition) is 3. The number of anilines is 3. The molecule has 0 unspecified atom stereocenters. The number of rotatable bonds is 4. The van der Waals surface area contributed by atoms with Crippen molar-refractivity contribution in [1.29, 1.82) is 0 Å². The summed E-state index contributed by atoms with van der Waals surface area (Å²) < 4.78 is 32.7. The van der Waals surface area contributed by atoms with Gasteiger partial charge in [0.25, 0.3) is 15.9 Å². The number of amides is 2. The molecule has 0 bridgehead atoms. The molecule has 1 aliphatic heterocycles. The van der Waals surface area contributed by atoms with Gasteiger partial charge in [0.05, 0.1) is 27.0 Å². The van der Waals surface area contributed by atoms with Gasteiger partial charge in [0.2, 0.25) is 5.91 Å². The molecule has 26 heavy (non-hydrogen) atoms. The lowest BCUT2D eigenvalue weighted by molar-refractivity contribution is -0.118. The molecule has 0 aliphatic carbocycles. The van der Waals surface area contributed by atoms with E-state index >= 15 is 0 Å². The van der Waals surface area contributed by atoms with Gasteiger partial charge in [0.1, 0.15) is 5.75 Å². The number of nitrogens with one attached hydrogen (secondary N) is 3. The van der Waals surface area contributed by atoms with Gasteiger partial charge in [0.15, 0.2) is 6.61 Å². The van der Waals surface area contributed by atoms with Crippen LogP contribution in [0.4, 0.5) is 17.1 Å². The van der Waals surface area contributed by atoms with E-state index in [1.165, 1.54) is 43.3 Å². The Bertz CT molecular complexity index is 1010. The Kier molecular flexibility index (Phi) is 4.75. The monoisotopic (exact) mass is 395 g/mol. The van der Waals surface area contributed by atoms with Crippen molar-refractivity contribution in [1.82, 2.24) is 0 Å². The molecule has 0 radical (unpaired) electrons. The van der Waals surface area contributed by atoms with Crippen LogP contribution in [0.3, 0.4) is 0 Å². The summed E-state index contributed by atoms with van der Waals surface area (Å²) in [6.07, 6.45) is 0. The first kappa shape index (κ1) is 18.0. The van der Waals surface area contributed by atoms with Gasteiger partial charge in [-0.05, 0) is 36.4 Å². The second kappa shape index (κ2) is 6.85. The summed E-state index contributed by atoms with van der Waals surface area (Å²) in [5, 5.41) is 5.27. The Balaban J connectivity index is 1.85. The van der Waals surface area contributed by atoms with Crippen molar-refractivity contribution < 1.29 is 22.7 Å². The van der Waals surface area contributed by atoms with Gasteiger partial charge in [-0.25, -0.2) is 8.42 Å². The highest BCUT2D eigenvalue weighted by Crippen LogP contribution is 2.31. The highest BCUT2D eigenvalue weighted by Gasteiger charge is 2.21. The first-order chi connectivity index (χ1) is 12.2. The largest absolute Gasteiger partial charge is 0.482 e. The van der Waals surface area contributed by atoms with E-state index in [1.54, 1.807) is 0 Å². The van der Waals surface area contributed by atoms with Crippen molar-refractivity contribution in [3.63, 3.8) is 0 Å². The molecule has 1 heterocycles. The van der Waals surface area contributed by atoms with E-state index in [0.717, 1.165) is 0 Å². The predicted molar refractivity (Wildman–Crippen MR) is 97.1 cm³/mol. The summed E-state index contributed by atoms with van der Waals surface area (Å²) in [5.41, 5.74) is 0.876. The van der Waals surface area contributed by atoms with Crippen molar-refractivity contribution in [3.8, 4) is 5.75 Å². The molecule has 0 saturated heterocycles. The number of fused-ring (bicyclic) bond motifs is 1. The maximum atomic E-state index is 12.6. The van der Waals surface area contributed by atoms with E-state index in [0.29, 0.717) is 11.4 Å². The molecule has 2 aromatic rings. The molecule has 136 valence electrons. The second-order valence-corrected chi connectivity index (χ2v) is 7.57. The summed E-state index contributed by atoms with van der Waals surface area (Å²) in [5.74, 6) is -0.259. The van der Waals surface area contributed by atoms with Crippen LogP contribution < -0.4 is 20.1 Å². The van der Waals surface area contributed by atoms with E-state index in [-0.39, 0.29) is 39.7 Å². The van der Waals surface area contributed by atoms with Crippen LogP contribution in [-0.2, 0) is 19.6 Å². The summed E-state index contributed by atoms with van der Waals surface area (Å²) >= 11 is 6.05. The van der Waals surface area contributed by atoms with Gasteiger partial charge in [-0.15, -0.1) is 0 Å².